The lowest BCUT2D eigenvalue weighted by Crippen LogP contribution is -2.31. The summed E-state index contributed by atoms with van der Waals surface area (Å²) in [4.78, 5) is 23.6. The monoisotopic (exact) mass is 414 g/mol. The predicted molar refractivity (Wildman–Crippen MR) is 119 cm³/mol. The average molecular weight is 415 g/mol. The lowest BCUT2D eigenvalue weighted by Gasteiger charge is -2.15. The first-order valence-corrected chi connectivity index (χ1v) is 10.3. The van der Waals surface area contributed by atoms with E-state index in [1.54, 1.807) is 24.3 Å². The molecule has 0 aliphatic carbocycles. The van der Waals surface area contributed by atoms with Crippen LogP contribution in [-0.4, -0.2) is 41.8 Å². The van der Waals surface area contributed by atoms with E-state index in [4.69, 9.17) is 9.47 Å². The average Bonchev–Trinajstić information content (AvgIpc) is 2.73. The van der Waals surface area contributed by atoms with Crippen molar-refractivity contribution in [3.8, 4) is 0 Å². The van der Waals surface area contributed by atoms with Gasteiger partial charge in [0.2, 0.25) is 12.1 Å². The summed E-state index contributed by atoms with van der Waals surface area (Å²) in [6.07, 6.45) is -0.776. The van der Waals surface area contributed by atoms with Crippen molar-refractivity contribution in [3.63, 3.8) is 0 Å². The first-order chi connectivity index (χ1) is 14.1. The lowest BCUT2D eigenvalue weighted by molar-refractivity contribution is -0.107. The number of hydrogen-bond donors (Lipinski definition) is 1. The highest BCUT2D eigenvalue weighted by atomic mass is 16.7. The second-order valence-electron chi connectivity index (χ2n) is 7.64. The van der Waals surface area contributed by atoms with Crippen LogP contribution >= 0.6 is 0 Å². The van der Waals surface area contributed by atoms with Crippen LogP contribution in [0.15, 0.2) is 54.6 Å². The Kier molecular flexibility index (Phi) is 10.6. The Bertz CT molecular complexity index is 767. The van der Waals surface area contributed by atoms with E-state index in [2.05, 4.69) is 13.8 Å². The van der Waals surface area contributed by atoms with E-state index >= 15 is 0 Å². The number of carbonyl (C=O) groups is 2. The molecule has 0 bridgehead atoms. The molecule has 0 aliphatic heterocycles. The van der Waals surface area contributed by atoms with Gasteiger partial charge in [0.05, 0.1) is 0 Å². The third-order valence-electron chi connectivity index (χ3n) is 4.30. The number of ether oxygens (including phenoxy) is 2. The smallest absolute Gasteiger partial charge is 0.222 e. The van der Waals surface area contributed by atoms with Crippen LogP contribution in [0, 0.1) is 0 Å². The van der Waals surface area contributed by atoms with Gasteiger partial charge in [0.25, 0.3) is 0 Å². The van der Waals surface area contributed by atoms with E-state index in [9.17, 15) is 14.7 Å². The standard InChI is InChI=1S/C13H18O2.C12H16O3/c1-9(2)10-5-7-11(8-6-10)12(14)13(3,4)15;1-3-14-12(15-4-2)11(13)10-8-6-5-7-9-10/h5-9,15H,1-4H3;5-9,12H,3-4H2,1-2H3. The summed E-state index contributed by atoms with van der Waals surface area (Å²) in [6.45, 7) is 11.8. The first kappa shape index (κ1) is 25.7. The van der Waals surface area contributed by atoms with Gasteiger partial charge in [-0.2, -0.15) is 0 Å². The molecule has 0 saturated carbocycles. The molecule has 2 aromatic rings. The number of Topliss-reactive ketones (excluding diaryl/α,β-unsaturated/α-hetero) is 2. The van der Waals surface area contributed by atoms with Crippen LogP contribution in [0.25, 0.3) is 0 Å². The van der Waals surface area contributed by atoms with Crippen molar-refractivity contribution in [2.75, 3.05) is 13.2 Å². The molecule has 0 aromatic heterocycles. The zero-order chi connectivity index (χ0) is 22.7. The Hall–Kier alpha value is -2.34. The zero-order valence-corrected chi connectivity index (χ0v) is 18.8. The minimum atomic E-state index is -1.29. The van der Waals surface area contributed by atoms with E-state index in [-0.39, 0.29) is 11.6 Å². The fraction of sp³-hybridized carbons (Fsp3) is 0.440. The molecule has 0 spiro atoms. The Morgan fingerprint density at radius 2 is 1.37 bits per heavy atom. The summed E-state index contributed by atoms with van der Waals surface area (Å²) in [5.41, 5.74) is 1.08. The Labute approximate surface area is 180 Å². The van der Waals surface area contributed by atoms with E-state index in [1.807, 2.05) is 44.2 Å². The molecule has 0 radical (unpaired) electrons. The van der Waals surface area contributed by atoms with Crippen molar-refractivity contribution >= 4 is 11.6 Å². The van der Waals surface area contributed by atoms with Crippen molar-refractivity contribution < 1.29 is 24.2 Å². The van der Waals surface area contributed by atoms with Gasteiger partial charge in [-0.3, -0.25) is 9.59 Å². The number of rotatable bonds is 9. The van der Waals surface area contributed by atoms with Crippen molar-refractivity contribution in [2.24, 2.45) is 0 Å². The lowest BCUT2D eigenvalue weighted by atomic mass is 9.94. The topological polar surface area (TPSA) is 72.8 Å². The summed E-state index contributed by atoms with van der Waals surface area (Å²) in [5, 5.41) is 9.57. The van der Waals surface area contributed by atoms with Gasteiger partial charge in [-0.1, -0.05) is 68.4 Å². The first-order valence-electron chi connectivity index (χ1n) is 10.3. The minimum absolute atomic E-state index is 0.126. The predicted octanol–water partition coefficient (Wildman–Crippen LogP) is 5.03. The fourth-order valence-corrected chi connectivity index (χ4v) is 2.61. The van der Waals surface area contributed by atoms with Gasteiger partial charge in [0.1, 0.15) is 5.60 Å². The molecule has 0 atom stereocenters. The molecule has 164 valence electrons. The maximum absolute atomic E-state index is 11.9. The van der Waals surface area contributed by atoms with E-state index in [0.29, 0.717) is 30.3 Å². The maximum atomic E-state index is 11.9. The molecule has 1 N–H and O–H groups in total. The molecule has 0 heterocycles. The second-order valence-corrected chi connectivity index (χ2v) is 7.64. The number of aliphatic hydroxyl groups is 1. The summed E-state index contributed by atoms with van der Waals surface area (Å²) >= 11 is 0. The van der Waals surface area contributed by atoms with Crippen molar-refractivity contribution in [2.45, 2.75) is 59.4 Å². The zero-order valence-electron chi connectivity index (χ0n) is 18.8. The normalized spacial score (nSPS) is 11.2. The van der Waals surface area contributed by atoms with Crippen LogP contribution in [0.5, 0.6) is 0 Å². The molecule has 2 aromatic carbocycles. The van der Waals surface area contributed by atoms with Crippen molar-refractivity contribution in [1.29, 1.82) is 0 Å². The fourth-order valence-electron chi connectivity index (χ4n) is 2.61. The Morgan fingerprint density at radius 1 is 0.867 bits per heavy atom. The molecule has 0 amide bonds. The van der Waals surface area contributed by atoms with Gasteiger partial charge in [0, 0.05) is 24.3 Å². The van der Waals surface area contributed by atoms with Crippen LogP contribution in [0.2, 0.25) is 0 Å². The van der Waals surface area contributed by atoms with Crippen molar-refractivity contribution in [1.82, 2.24) is 0 Å². The van der Waals surface area contributed by atoms with Gasteiger partial charge >= 0.3 is 0 Å². The van der Waals surface area contributed by atoms with E-state index in [1.165, 1.54) is 19.4 Å². The summed E-state index contributed by atoms with van der Waals surface area (Å²) in [7, 11) is 0. The molecule has 0 fully saturated rings. The molecule has 0 aliphatic rings. The summed E-state index contributed by atoms with van der Waals surface area (Å²) in [5.74, 6) is 0.0911. The third kappa shape index (κ3) is 8.19. The van der Waals surface area contributed by atoms with Crippen LogP contribution in [0.4, 0.5) is 0 Å². The summed E-state index contributed by atoms with van der Waals surface area (Å²) < 4.78 is 10.5. The third-order valence-corrected chi connectivity index (χ3v) is 4.30. The second kappa shape index (κ2) is 12.4. The molecule has 0 unspecified atom stereocenters. The van der Waals surface area contributed by atoms with E-state index in [0.717, 1.165) is 0 Å². The molecule has 30 heavy (non-hydrogen) atoms. The van der Waals surface area contributed by atoms with Gasteiger partial charge in [-0.25, -0.2) is 0 Å². The van der Waals surface area contributed by atoms with Crippen LogP contribution in [-0.2, 0) is 9.47 Å². The molecule has 5 nitrogen and oxygen atoms in total. The van der Waals surface area contributed by atoms with Crippen molar-refractivity contribution in [3.05, 3.63) is 71.3 Å². The maximum Gasteiger partial charge on any atom is 0.222 e. The van der Waals surface area contributed by atoms with Crippen LogP contribution in [0.3, 0.4) is 0 Å². The SMILES string of the molecule is CC(C)c1ccc(C(=O)C(C)(C)O)cc1.CCOC(OCC)C(=O)c1ccccc1. The number of hydrogen-bond acceptors (Lipinski definition) is 5. The molecule has 2 rings (SSSR count). The number of ketones is 2. The largest absolute Gasteiger partial charge is 0.382 e. The Morgan fingerprint density at radius 3 is 1.77 bits per heavy atom. The molecule has 5 heteroatoms. The van der Waals surface area contributed by atoms with Gasteiger partial charge in [0.15, 0.2) is 5.78 Å². The summed E-state index contributed by atoms with van der Waals surface area (Å²) in [6, 6.07) is 16.4. The molecular formula is C25H34O5. The minimum Gasteiger partial charge on any atom is -0.382 e. The number of carbonyl (C=O) groups excluding carboxylic acids is 2. The van der Waals surface area contributed by atoms with Gasteiger partial charge in [-0.05, 0) is 39.2 Å². The van der Waals surface area contributed by atoms with Gasteiger partial charge in [-0.15, -0.1) is 0 Å². The highest BCUT2D eigenvalue weighted by molar-refractivity contribution is 6.01. The van der Waals surface area contributed by atoms with E-state index < -0.39 is 11.9 Å². The Balaban J connectivity index is 0.000000300. The molecule has 0 saturated heterocycles. The van der Waals surface area contributed by atoms with Crippen LogP contribution < -0.4 is 0 Å². The highest BCUT2D eigenvalue weighted by Crippen LogP contribution is 2.18. The molecular weight excluding hydrogens is 380 g/mol. The highest BCUT2D eigenvalue weighted by Gasteiger charge is 2.25. The number of benzene rings is 2. The van der Waals surface area contributed by atoms with Gasteiger partial charge < -0.3 is 14.6 Å². The quantitative estimate of drug-likeness (QED) is 0.460. The van der Waals surface area contributed by atoms with Crippen LogP contribution in [0.1, 0.15) is 73.7 Å².